The molecule has 160 valence electrons. The van der Waals surface area contributed by atoms with Crippen molar-refractivity contribution in [1.29, 1.82) is 0 Å². The normalized spacial score (nSPS) is 14.2. The maximum absolute atomic E-state index is 12.9. The lowest BCUT2D eigenvalue weighted by atomic mass is 10.1. The Balaban J connectivity index is 1.57. The fourth-order valence-electron chi connectivity index (χ4n) is 3.43. The topological polar surface area (TPSA) is 62.3 Å². The van der Waals surface area contributed by atoms with Crippen LogP contribution in [-0.4, -0.2) is 23.3 Å². The number of para-hydroxylation sites is 2. The van der Waals surface area contributed by atoms with Crippen molar-refractivity contribution in [2.45, 2.75) is 25.9 Å². The van der Waals surface area contributed by atoms with E-state index >= 15 is 0 Å². The molecule has 2 aromatic carbocycles. The molecule has 0 bridgehead atoms. The average Bonchev–Trinajstić information content (AvgIpc) is 3.33. The fraction of sp³-hybridized carbons (Fsp3) is 0.227. The van der Waals surface area contributed by atoms with Gasteiger partial charge in [0.05, 0.1) is 22.6 Å². The summed E-state index contributed by atoms with van der Waals surface area (Å²) in [7, 11) is 0. The third kappa shape index (κ3) is 4.32. The molecule has 0 unspecified atom stereocenters. The van der Waals surface area contributed by atoms with Gasteiger partial charge >= 0.3 is 6.18 Å². The number of amides is 2. The highest BCUT2D eigenvalue weighted by atomic mass is 32.1. The number of carbonyl (C=O) groups is 2. The van der Waals surface area contributed by atoms with Gasteiger partial charge in [-0.05, 0) is 37.6 Å². The quantitative estimate of drug-likeness (QED) is 0.576. The number of aryl methyl sites for hydroxylation is 1. The maximum atomic E-state index is 12.9. The highest BCUT2D eigenvalue weighted by molar-refractivity contribution is 7.17. The van der Waals surface area contributed by atoms with Gasteiger partial charge in [-0.2, -0.15) is 13.2 Å². The zero-order chi connectivity index (χ0) is 22.2. The third-order valence-corrected chi connectivity index (χ3v) is 6.18. The van der Waals surface area contributed by atoms with E-state index in [2.05, 4.69) is 10.3 Å². The number of hydrogen-bond acceptors (Lipinski definition) is 4. The molecule has 1 fully saturated rings. The molecular weight excluding hydrogens is 427 g/mol. The Labute approximate surface area is 180 Å². The minimum Gasteiger partial charge on any atom is -0.319 e. The molecular formula is C22H18F3N3O2S. The Morgan fingerprint density at radius 2 is 1.84 bits per heavy atom. The maximum Gasteiger partial charge on any atom is 0.416 e. The van der Waals surface area contributed by atoms with Crippen molar-refractivity contribution in [3.05, 3.63) is 64.7 Å². The molecule has 31 heavy (non-hydrogen) atoms. The smallest absolute Gasteiger partial charge is 0.319 e. The molecule has 1 aliphatic rings. The van der Waals surface area contributed by atoms with E-state index in [4.69, 9.17) is 0 Å². The number of carbonyl (C=O) groups excluding carboxylic acids is 2. The summed E-state index contributed by atoms with van der Waals surface area (Å²) in [4.78, 5) is 31.4. The number of anilines is 2. The monoisotopic (exact) mass is 445 g/mol. The number of alkyl halides is 3. The number of rotatable bonds is 4. The number of benzene rings is 2. The van der Waals surface area contributed by atoms with Crippen molar-refractivity contribution in [3.63, 3.8) is 0 Å². The first-order valence-corrected chi connectivity index (χ1v) is 10.4. The Morgan fingerprint density at radius 3 is 2.48 bits per heavy atom. The molecule has 0 atom stereocenters. The van der Waals surface area contributed by atoms with Crippen LogP contribution in [0.3, 0.4) is 0 Å². The Morgan fingerprint density at radius 1 is 1.13 bits per heavy atom. The van der Waals surface area contributed by atoms with Gasteiger partial charge in [-0.3, -0.25) is 9.59 Å². The minimum absolute atomic E-state index is 0.0141. The highest BCUT2D eigenvalue weighted by Gasteiger charge is 2.30. The first kappa shape index (κ1) is 21.0. The van der Waals surface area contributed by atoms with E-state index in [1.807, 2.05) is 0 Å². The SMILES string of the molecule is Cc1nc(-c2ccc(C(F)(F)F)cc2)sc1C(=O)Nc1ccccc1N1CCCC1=O. The third-order valence-electron chi connectivity index (χ3n) is 4.98. The van der Waals surface area contributed by atoms with Gasteiger partial charge in [0.15, 0.2) is 0 Å². The highest BCUT2D eigenvalue weighted by Crippen LogP contribution is 2.34. The van der Waals surface area contributed by atoms with Crippen LogP contribution >= 0.6 is 11.3 Å². The van der Waals surface area contributed by atoms with E-state index in [1.54, 1.807) is 36.1 Å². The minimum atomic E-state index is -4.41. The molecule has 1 saturated heterocycles. The van der Waals surface area contributed by atoms with Crippen molar-refractivity contribution < 1.29 is 22.8 Å². The summed E-state index contributed by atoms with van der Waals surface area (Å²) in [6.07, 6.45) is -3.16. The first-order valence-electron chi connectivity index (χ1n) is 9.60. The van der Waals surface area contributed by atoms with Gasteiger partial charge in [0.2, 0.25) is 5.91 Å². The largest absolute Gasteiger partial charge is 0.416 e. The zero-order valence-electron chi connectivity index (χ0n) is 16.5. The average molecular weight is 445 g/mol. The number of nitrogens with one attached hydrogen (secondary N) is 1. The van der Waals surface area contributed by atoms with Crippen LogP contribution in [0.25, 0.3) is 10.6 Å². The van der Waals surface area contributed by atoms with Crippen LogP contribution in [0, 0.1) is 6.92 Å². The number of nitrogens with zero attached hydrogens (tertiary/aromatic N) is 2. The van der Waals surface area contributed by atoms with E-state index < -0.39 is 11.7 Å². The van der Waals surface area contributed by atoms with Crippen LogP contribution in [-0.2, 0) is 11.0 Å². The lowest BCUT2D eigenvalue weighted by molar-refractivity contribution is -0.137. The fourth-order valence-corrected chi connectivity index (χ4v) is 4.40. The molecule has 0 aliphatic carbocycles. The zero-order valence-corrected chi connectivity index (χ0v) is 17.3. The number of hydrogen-bond donors (Lipinski definition) is 1. The van der Waals surface area contributed by atoms with Gasteiger partial charge in [-0.25, -0.2) is 4.98 Å². The van der Waals surface area contributed by atoms with Crippen molar-refractivity contribution >= 4 is 34.5 Å². The molecule has 9 heteroatoms. The predicted octanol–water partition coefficient (Wildman–Crippen LogP) is 5.52. The summed E-state index contributed by atoms with van der Waals surface area (Å²) in [5.41, 5.74) is 1.40. The summed E-state index contributed by atoms with van der Waals surface area (Å²) >= 11 is 1.11. The summed E-state index contributed by atoms with van der Waals surface area (Å²) in [6, 6.07) is 11.8. The van der Waals surface area contributed by atoms with Crippen molar-refractivity contribution in [2.75, 3.05) is 16.8 Å². The standard InChI is InChI=1S/C22H18F3N3O2S/c1-13-19(31-21(26-13)14-8-10-15(11-9-14)22(23,24)25)20(30)27-16-5-2-3-6-17(16)28-12-4-7-18(28)29/h2-3,5-6,8-11H,4,7,12H2,1H3,(H,27,30). The van der Waals surface area contributed by atoms with E-state index in [1.165, 1.54) is 12.1 Å². The second-order valence-corrected chi connectivity index (χ2v) is 8.13. The molecule has 2 heterocycles. The van der Waals surface area contributed by atoms with E-state index in [9.17, 15) is 22.8 Å². The van der Waals surface area contributed by atoms with Gasteiger partial charge in [0.1, 0.15) is 9.88 Å². The lowest BCUT2D eigenvalue weighted by Gasteiger charge is -2.19. The van der Waals surface area contributed by atoms with Gasteiger partial charge in [-0.1, -0.05) is 24.3 Å². The van der Waals surface area contributed by atoms with Gasteiger partial charge in [0, 0.05) is 18.5 Å². The van der Waals surface area contributed by atoms with Gasteiger partial charge in [0.25, 0.3) is 5.91 Å². The van der Waals surface area contributed by atoms with Gasteiger partial charge < -0.3 is 10.2 Å². The first-order chi connectivity index (χ1) is 14.7. The van der Waals surface area contributed by atoms with Crippen LogP contribution < -0.4 is 10.2 Å². The molecule has 5 nitrogen and oxygen atoms in total. The Hall–Kier alpha value is -3.20. The van der Waals surface area contributed by atoms with Crippen LogP contribution in [0.2, 0.25) is 0 Å². The summed E-state index contributed by atoms with van der Waals surface area (Å²) in [6.45, 7) is 2.28. The molecule has 1 N–H and O–H groups in total. The van der Waals surface area contributed by atoms with E-state index in [0.717, 1.165) is 29.9 Å². The lowest BCUT2D eigenvalue weighted by Crippen LogP contribution is -2.25. The number of halogens is 3. The molecule has 0 saturated carbocycles. The summed E-state index contributed by atoms with van der Waals surface area (Å²) < 4.78 is 38.3. The van der Waals surface area contributed by atoms with Crippen molar-refractivity contribution in [3.8, 4) is 10.6 Å². The molecule has 4 rings (SSSR count). The van der Waals surface area contributed by atoms with E-state index in [-0.39, 0.29) is 11.8 Å². The molecule has 3 aromatic rings. The van der Waals surface area contributed by atoms with Crippen molar-refractivity contribution in [2.24, 2.45) is 0 Å². The van der Waals surface area contributed by atoms with Crippen LogP contribution in [0.1, 0.15) is 33.8 Å². The molecule has 0 radical (unpaired) electrons. The molecule has 1 aromatic heterocycles. The number of thiazole rings is 1. The van der Waals surface area contributed by atoms with E-state index in [0.29, 0.717) is 45.5 Å². The van der Waals surface area contributed by atoms with Crippen LogP contribution in [0.4, 0.5) is 24.5 Å². The number of aromatic nitrogens is 1. The Kier molecular flexibility index (Phi) is 5.53. The van der Waals surface area contributed by atoms with Crippen LogP contribution in [0.5, 0.6) is 0 Å². The van der Waals surface area contributed by atoms with Crippen molar-refractivity contribution in [1.82, 2.24) is 4.98 Å². The second-order valence-electron chi connectivity index (χ2n) is 7.13. The molecule has 2 amide bonds. The molecule has 0 spiro atoms. The predicted molar refractivity (Wildman–Crippen MR) is 113 cm³/mol. The second kappa shape index (κ2) is 8.14. The van der Waals surface area contributed by atoms with Crippen LogP contribution in [0.15, 0.2) is 48.5 Å². The van der Waals surface area contributed by atoms with Gasteiger partial charge in [-0.15, -0.1) is 11.3 Å². The summed E-state index contributed by atoms with van der Waals surface area (Å²) in [5.74, 6) is -0.368. The Bertz CT molecular complexity index is 1140. The summed E-state index contributed by atoms with van der Waals surface area (Å²) in [5, 5.41) is 3.31. The molecule has 1 aliphatic heterocycles.